The number of hydrogen-bond acceptors (Lipinski definition) is 3. The second kappa shape index (κ2) is 9.60. The first-order valence-corrected chi connectivity index (χ1v) is 8.93. The molecule has 26 heavy (non-hydrogen) atoms. The molecule has 2 atom stereocenters. The molecule has 0 radical (unpaired) electrons. The zero-order chi connectivity index (χ0) is 17.6. The largest absolute Gasteiger partial charge is 0.489 e. The fraction of sp³-hybridized carbons (Fsp3) is 0.381. The van der Waals surface area contributed by atoms with Gasteiger partial charge in [0.15, 0.2) is 0 Å². The first-order valence-electron chi connectivity index (χ1n) is 8.93. The molecule has 0 saturated carbocycles. The van der Waals surface area contributed by atoms with E-state index in [-0.39, 0.29) is 24.2 Å². The first-order chi connectivity index (χ1) is 12.1. The van der Waals surface area contributed by atoms with Gasteiger partial charge in [-0.3, -0.25) is 4.79 Å². The molecule has 2 aromatic carbocycles. The molecule has 1 aliphatic rings. The Kier molecular flexibility index (Phi) is 7.49. The Morgan fingerprint density at radius 2 is 2.04 bits per heavy atom. The van der Waals surface area contributed by atoms with E-state index in [1.165, 1.54) is 5.56 Å². The Bertz CT molecular complexity index is 735. The maximum absolute atomic E-state index is 12.5. The molecule has 0 aromatic heterocycles. The highest BCUT2D eigenvalue weighted by atomic mass is 35.5. The van der Waals surface area contributed by atoms with Gasteiger partial charge in [-0.05, 0) is 50.9 Å². The van der Waals surface area contributed by atoms with Crippen LogP contribution in [0.15, 0.2) is 48.5 Å². The van der Waals surface area contributed by atoms with E-state index in [1.54, 1.807) is 0 Å². The van der Waals surface area contributed by atoms with Crippen molar-refractivity contribution in [3.63, 3.8) is 0 Å². The van der Waals surface area contributed by atoms with Gasteiger partial charge < -0.3 is 15.4 Å². The van der Waals surface area contributed by atoms with Crippen molar-refractivity contribution in [1.82, 2.24) is 5.32 Å². The first kappa shape index (κ1) is 20.3. The van der Waals surface area contributed by atoms with Crippen LogP contribution in [0.1, 0.15) is 30.9 Å². The van der Waals surface area contributed by atoms with Gasteiger partial charge >= 0.3 is 0 Å². The summed E-state index contributed by atoms with van der Waals surface area (Å²) in [6.07, 6.45) is 1.77. The highest BCUT2D eigenvalue weighted by molar-refractivity contribution is 5.92. The van der Waals surface area contributed by atoms with E-state index in [0.717, 1.165) is 36.4 Å². The number of ether oxygens (including phenoxy) is 1. The van der Waals surface area contributed by atoms with Crippen LogP contribution in [0, 0.1) is 12.8 Å². The van der Waals surface area contributed by atoms with Gasteiger partial charge in [-0.1, -0.05) is 35.9 Å². The van der Waals surface area contributed by atoms with Crippen LogP contribution >= 0.6 is 12.4 Å². The van der Waals surface area contributed by atoms with E-state index in [4.69, 9.17) is 4.74 Å². The van der Waals surface area contributed by atoms with Crippen molar-refractivity contribution in [3.8, 4) is 5.75 Å². The van der Waals surface area contributed by atoms with Crippen molar-refractivity contribution in [2.75, 3.05) is 11.9 Å². The molecular formula is C21H27ClN2O2. The highest BCUT2D eigenvalue weighted by Crippen LogP contribution is 2.22. The number of halogens is 1. The Labute approximate surface area is 161 Å². The number of hydrogen-bond donors (Lipinski definition) is 2. The predicted octanol–water partition coefficient (Wildman–Crippen LogP) is 4.32. The van der Waals surface area contributed by atoms with E-state index in [9.17, 15) is 4.79 Å². The van der Waals surface area contributed by atoms with Crippen molar-refractivity contribution in [2.45, 2.75) is 39.3 Å². The smallest absolute Gasteiger partial charge is 0.227 e. The minimum atomic E-state index is 0. The molecule has 4 nitrogen and oxygen atoms in total. The van der Waals surface area contributed by atoms with Crippen molar-refractivity contribution in [1.29, 1.82) is 0 Å². The van der Waals surface area contributed by atoms with Crippen LogP contribution in [-0.2, 0) is 11.4 Å². The van der Waals surface area contributed by atoms with Gasteiger partial charge in [-0.25, -0.2) is 0 Å². The molecule has 0 spiro atoms. The predicted molar refractivity (Wildman–Crippen MR) is 108 cm³/mol. The van der Waals surface area contributed by atoms with Gasteiger partial charge in [-0.15, -0.1) is 12.4 Å². The summed E-state index contributed by atoms with van der Waals surface area (Å²) in [7, 11) is 0. The average Bonchev–Trinajstić information content (AvgIpc) is 2.60. The van der Waals surface area contributed by atoms with Gasteiger partial charge in [0.05, 0.1) is 0 Å². The minimum Gasteiger partial charge on any atom is -0.489 e. The van der Waals surface area contributed by atoms with Crippen LogP contribution in [0.2, 0.25) is 0 Å². The Hall–Kier alpha value is -2.04. The Morgan fingerprint density at radius 3 is 2.81 bits per heavy atom. The number of carbonyl (C=O) groups is 1. The van der Waals surface area contributed by atoms with Gasteiger partial charge in [-0.2, -0.15) is 0 Å². The summed E-state index contributed by atoms with van der Waals surface area (Å²) in [5.41, 5.74) is 3.15. The summed E-state index contributed by atoms with van der Waals surface area (Å²) in [6, 6.07) is 16.3. The fourth-order valence-corrected chi connectivity index (χ4v) is 3.25. The number of piperidine rings is 1. The van der Waals surface area contributed by atoms with Crippen molar-refractivity contribution in [3.05, 3.63) is 59.7 Å². The summed E-state index contributed by atoms with van der Waals surface area (Å²) < 4.78 is 5.87. The minimum absolute atomic E-state index is 0. The van der Waals surface area contributed by atoms with Crippen LogP contribution in [0.5, 0.6) is 5.75 Å². The van der Waals surface area contributed by atoms with Crippen molar-refractivity contribution in [2.24, 2.45) is 5.92 Å². The number of nitrogens with one attached hydrogen (secondary N) is 2. The molecule has 5 heteroatoms. The van der Waals surface area contributed by atoms with Crippen LogP contribution in [0.25, 0.3) is 0 Å². The lowest BCUT2D eigenvalue weighted by Crippen LogP contribution is -2.40. The normalized spacial score (nSPS) is 19.3. The third kappa shape index (κ3) is 5.75. The van der Waals surface area contributed by atoms with Crippen LogP contribution in [0.3, 0.4) is 0 Å². The molecular weight excluding hydrogens is 348 g/mol. The number of benzene rings is 2. The quantitative estimate of drug-likeness (QED) is 0.819. The zero-order valence-electron chi connectivity index (χ0n) is 15.3. The second-order valence-corrected chi connectivity index (χ2v) is 6.87. The van der Waals surface area contributed by atoms with Gasteiger partial charge in [0.1, 0.15) is 12.4 Å². The summed E-state index contributed by atoms with van der Waals surface area (Å²) in [5, 5.41) is 6.41. The van der Waals surface area contributed by atoms with Crippen LogP contribution in [0.4, 0.5) is 5.69 Å². The third-order valence-corrected chi connectivity index (χ3v) is 4.58. The van der Waals surface area contributed by atoms with Gasteiger partial charge in [0, 0.05) is 23.7 Å². The number of amides is 1. The number of anilines is 1. The molecule has 0 aliphatic carbocycles. The molecule has 0 bridgehead atoms. The molecule has 1 fully saturated rings. The average molecular weight is 375 g/mol. The van der Waals surface area contributed by atoms with E-state index in [2.05, 4.69) is 42.7 Å². The number of aryl methyl sites for hydroxylation is 1. The second-order valence-electron chi connectivity index (χ2n) is 6.87. The van der Waals surface area contributed by atoms with E-state index < -0.39 is 0 Å². The monoisotopic (exact) mass is 374 g/mol. The molecule has 1 heterocycles. The maximum atomic E-state index is 12.5. The standard InChI is InChI=1S/C21H26N2O2.ClH/c1-15-5-3-6-17(11-15)14-25-20-8-4-7-19(13-20)23-21(24)18-9-10-22-16(2)12-18;/h3-8,11,13,16,18,22H,9-10,12,14H2,1-2H3,(H,23,24);1H/t16-,18-;/m0./s1. The molecule has 140 valence electrons. The summed E-state index contributed by atoms with van der Waals surface area (Å²) >= 11 is 0. The Balaban J connectivity index is 0.00000243. The number of rotatable bonds is 5. The van der Waals surface area contributed by atoms with Crippen molar-refractivity contribution >= 4 is 24.0 Å². The maximum Gasteiger partial charge on any atom is 0.227 e. The van der Waals surface area contributed by atoms with Crippen molar-refractivity contribution < 1.29 is 9.53 Å². The lowest BCUT2D eigenvalue weighted by molar-refractivity contribution is -0.120. The molecule has 1 saturated heterocycles. The molecule has 0 unspecified atom stereocenters. The molecule has 2 N–H and O–H groups in total. The lowest BCUT2D eigenvalue weighted by Gasteiger charge is -2.27. The molecule has 2 aromatic rings. The SMILES string of the molecule is Cc1cccc(COc2cccc(NC(=O)[C@H]3CCN[C@@H](C)C3)c2)c1.Cl. The number of carbonyl (C=O) groups excluding carboxylic acids is 1. The van der Waals surface area contributed by atoms with E-state index in [0.29, 0.717) is 12.6 Å². The van der Waals surface area contributed by atoms with Gasteiger partial charge in [0.2, 0.25) is 5.91 Å². The van der Waals surface area contributed by atoms with Crippen LogP contribution < -0.4 is 15.4 Å². The third-order valence-electron chi connectivity index (χ3n) is 4.58. The summed E-state index contributed by atoms with van der Waals surface area (Å²) in [4.78, 5) is 12.5. The highest BCUT2D eigenvalue weighted by Gasteiger charge is 2.24. The molecule has 1 amide bonds. The Morgan fingerprint density at radius 1 is 1.23 bits per heavy atom. The summed E-state index contributed by atoms with van der Waals surface area (Å²) in [6.45, 7) is 5.62. The van der Waals surface area contributed by atoms with E-state index in [1.807, 2.05) is 30.3 Å². The van der Waals surface area contributed by atoms with Gasteiger partial charge in [0.25, 0.3) is 0 Å². The topological polar surface area (TPSA) is 50.4 Å². The zero-order valence-corrected chi connectivity index (χ0v) is 16.1. The van der Waals surface area contributed by atoms with E-state index >= 15 is 0 Å². The fourth-order valence-electron chi connectivity index (χ4n) is 3.25. The lowest BCUT2D eigenvalue weighted by atomic mass is 9.92. The summed E-state index contributed by atoms with van der Waals surface area (Å²) in [5.74, 6) is 0.940. The van der Waals surface area contributed by atoms with Crippen LogP contribution in [-0.4, -0.2) is 18.5 Å². The molecule has 1 aliphatic heterocycles. The molecule has 3 rings (SSSR count).